The molecule has 0 saturated carbocycles. The average molecular weight is 519 g/mol. The van der Waals surface area contributed by atoms with Crippen LogP contribution in [-0.2, 0) is 10.8 Å². The molecule has 6 aromatic rings. The van der Waals surface area contributed by atoms with Crippen LogP contribution in [0.25, 0.3) is 54.9 Å². The lowest BCUT2D eigenvalue weighted by molar-refractivity contribution is 0.590. The molecule has 0 radical (unpaired) electrons. The second-order valence-electron chi connectivity index (χ2n) is 13.1. The van der Waals surface area contributed by atoms with E-state index >= 15 is 0 Å². The molecule has 0 heterocycles. The van der Waals surface area contributed by atoms with Crippen LogP contribution in [0.4, 0.5) is 0 Å². The van der Waals surface area contributed by atoms with Gasteiger partial charge in [-0.05, 0) is 76.9 Å². The van der Waals surface area contributed by atoms with Crippen LogP contribution in [-0.4, -0.2) is 0 Å². The minimum Gasteiger partial charge on any atom is -0.0616 e. The van der Waals surface area contributed by atoms with Crippen molar-refractivity contribution in [2.24, 2.45) is 0 Å². The Morgan fingerprint density at radius 1 is 0.350 bits per heavy atom. The Morgan fingerprint density at radius 2 is 0.700 bits per heavy atom. The molecule has 0 heteroatoms. The summed E-state index contributed by atoms with van der Waals surface area (Å²) >= 11 is 0. The van der Waals surface area contributed by atoms with Crippen LogP contribution < -0.4 is 0 Å². The fourth-order valence-electron chi connectivity index (χ4n) is 5.86. The first-order valence-electron chi connectivity index (χ1n) is 14.4. The van der Waals surface area contributed by atoms with Gasteiger partial charge in [0, 0.05) is 0 Å². The molecule has 0 bridgehead atoms. The molecular formula is C40H38. The lowest BCUT2D eigenvalue weighted by atomic mass is 9.81. The van der Waals surface area contributed by atoms with Crippen LogP contribution in [0.3, 0.4) is 0 Å². The molecule has 0 aliphatic rings. The minimum absolute atomic E-state index is 0.118. The first-order valence-corrected chi connectivity index (χ1v) is 14.4. The molecule has 0 aliphatic carbocycles. The van der Waals surface area contributed by atoms with Gasteiger partial charge in [-0.15, -0.1) is 0 Å². The summed E-state index contributed by atoms with van der Waals surface area (Å²) in [5, 5.41) is 5.08. The van der Waals surface area contributed by atoms with Crippen molar-refractivity contribution in [2.45, 2.75) is 52.4 Å². The van der Waals surface area contributed by atoms with E-state index in [1.165, 1.54) is 66.1 Å². The Morgan fingerprint density at radius 3 is 1.05 bits per heavy atom. The van der Waals surface area contributed by atoms with Gasteiger partial charge in [-0.3, -0.25) is 0 Å². The highest BCUT2D eigenvalue weighted by Gasteiger charge is 2.20. The number of fused-ring (bicyclic) bond motifs is 2. The fourth-order valence-corrected chi connectivity index (χ4v) is 5.86. The molecule has 0 aliphatic heterocycles. The van der Waals surface area contributed by atoms with E-state index in [2.05, 4.69) is 163 Å². The van der Waals surface area contributed by atoms with Crippen molar-refractivity contribution in [3.63, 3.8) is 0 Å². The normalized spacial score (nSPS) is 12.2. The molecule has 0 amide bonds. The summed E-state index contributed by atoms with van der Waals surface area (Å²) in [6.45, 7) is 13.6. The van der Waals surface area contributed by atoms with Gasteiger partial charge in [0.05, 0.1) is 0 Å². The zero-order valence-corrected chi connectivity index (χ0v) is 24.5. The minimum atomic E-state index is 0.118. The molecule has 0 nitrogen and oxygen atoms in total. The smallest absolute Gasteiger partial charge is 0.00143 e. The second kappa shape index (κ2) is 9.79. The Kier molecular flexibility index (Phi) is 6.38. The zero-order valence-electron chi connectivity index (χ0n) is 24.5. The summed E-state index contributed by atoms with van der Waals surface area (Å²) < 4.78 is 0. The van der Waals surface area contributed by atoms with Crippen molar-refractivity contribution in [1.29, 1.82) is 0 Å². The van der Waals surface area contributed by atoms with Crippen molar-refractivity contribution in [2.75, 3.05) is 0 Å². The zero-order chi connectivity index (χ0) is 28.1. The summed E-state index contributed by atoms with van der Waals surface area (Å²) in [5.41, 5.74) is 10.6. The predicted molar refractivity (Wildman–Crippen MR) is 175 cm³/mol. The van der Waals surface area contributed by atoms with Gasteiger partial charge in [-0.25, -0.2) is 0 Å². The van der Waals surface area contributed by atoms with Crippen molar-refractivity contribution in [3.8, 4) is 33.4 Å². The van der Waals surface area contributed by atoms with Gasteiger partial charge in [-0.1, -0.05) is 163 Å². The fraction of sp³-hybridized carbons (Fsp3) is 0.200. The van der Waals surface area contributed by atoms with Gasteiger partial charge in [0.1, 0.15) is 0 Å². The average Bonchev–Trinajstić information content (AvgIpc) is 2.95. The van der Waals surface area contributed by atoms with Crippen LogP contribution in [0, 0.1) is 0 Å². The molecule has 0 fully saturated rings. The van der Waals surface area contributed by atoms with Crippen LogP contribution in [0.15, 0.2) is 121 Å². The largest absolute Gasteiger partial charge is 0.0616 e. The summed E-state index contributed by atoms with van der Waals surface area (Å²) in [4.78, 5) is 0. The standard InChI is InChI=1S/C40H38/c1-39(2,3)31-21-15-29(16-22-31)35-25-19-27-11-7-9-13-33(27)37(35)38-34-14-10-8-12-28(34)20-26-36(38)30-17-23-32(24-18-30)40(4,5)6/h7-26H,1-6H3. The summed E-state index contributed by atoms with van der Waals surface area (Å²) in [6, 6.07) is 45.2. The Hall–Kier alpha value is -4.16. The van der Waals surface area contributed by atoms with E-state index in [0.29, 0.717) is 0 Å². The molecule has 0 saturated heterocycles. The molecule has 0 atom stereocenters. The number of benzene rings is 6. The van der Waals surface area contributed by atoms with E-state index in [-0.39, 0.29) is 10.8 Å². The lowest BCUT2D eigenvalue weighted by Gasteiger charge is -2.22. The van der Waals surface area contributed by atoms with Gasteiger partial charge in [-0.2, -0.15) is 0 Å². The third-order valence-electron chi connectivity index (χ3n) is 8.23. The van der Waals surface area contributed by atoms with Gasteiger partial charge in [0.15, 0.2) is 0 Å². The predicted octanol–water partition coefficient (Wildman–Crippen LogP) is 11.6. The molecule has 0 spiro atoms. The quantitative estimate of drug-likeness (QED) is 0.218. The third kappa shape index (κ3) is 4.73. The van der Waals surface area contributed by atoms with Gasteiger partial charge in [0.2, 0.25) is 0 Å². The monoisotopic (exact) mass is 518 g/mol. The summed E-state index contributed by atoms with van der Waals surface area (Å²) in [5.74, 6) is 0. The maximum atomic E-state index is 2.32. The van der Waals surface area contributed by atoms with E-state index < -0.39 is 0 Å². The highest BCUT2D eigenvalue weighted by atomic mass is 14.2. The topological polar surface area (TPSA) is 0 Å². The van der Waals surface area contributed by atoms with Crippen LogP contribution in [0.1, 0.15) is 52.7 Å². The highest BCUT2D eigenvalue weighted by Crippen LogP contribution is 2.46. The Balaban J connectivity index is 1.68. The van der Waals surface area contributed by atoms with Crippen molar-refractivity contribution in [3.05, 3.63) is 132 Å². The van der Waals surface area contributed by atoms with Crippen molar-refractivity contribution in [1.82, 2.24) is 0 Å². The van der Waals surface area contributed by atoms with Gasteiger partial charge < -0.3 is 0 Å². The molecule has 198 valence electrons. The van der Waals surface area contributed by atoms with Gasteiger partial charge >= 0.3 is 0 Å². The Labute approximate surface area is 239 Å². The van der Waals surface area contributed by atoms with Crippen LogP contribution >= 0.6 is 0 Å². The first kappa shape index (κ1) is 26.1. The van der Waals surface area contributed by atoms with E-state index in [1.807, 2.05) is 0 Å². The molecule has 6 aromatic carbocycles. The summed E-state index contributed by atoms with van der Waals surface area (Å²) in [7, 11) is 0. The van der Waals surface area contributed by atoms with Crippen LogP contribution in [0.2, 0.25) is 0 Å². The number of hydrogen-bond donors (Lipinski definition) is 0. The van der Waals surface area contributed by atoms with Crippen molar-refractivity contribution >= 4 is 21.5 Å². The maximum absolute atomic E-state index is 2.32. The SMILES string of the molecule is CC(C)(C)c1ccc(-c2ccc3ccccc3c2-c2c(-c3ccc(C(C)(C)C)cc3)ccc3ccccc23)cc1. The Bertz CT molecular complexity index is 1680. The molecule has 0 N–H and O–H groups in total. The number of rotatable bonds is 3. The van der Waals surface area contributed by atoms with E-state index in [1.54, 1.807) is 0 Å². The molecule has 0 aromatic heterocycles. The second-order valence-corrected chi connectivity index (χ2v) is 13.1. The van der Waals surface area contributed by atoms with E-state index in [0.717, 1.165) is 0 Å². The lowest BCUT2D eigenvalue weighted by Crippen LogP contribution is -2.10. The number of hydrogen-bond acceptors (Lipinski definition) is 0. The van der Waals surface area contributed by atoms with Crippen LogP contribution in [0.5, 0.6) is 0 Å². The molecule has 40 heavy (non-hydrogen) atoms. The van der Waals surface area contributed by atoms with E-state index in [9.17, 15) is 0 Å². The molecule has 6 rings (SSSR count). The third-order valence-corrected chi connectivity index (χ3v) is 8.23. The maximum Gasteiger partial charge on any atom is -0.00143 e. The van der Waals surface area contributed by atoms with E-state index in [4.69, 9.17) is 0 Å². The molecular weight excluding hydrogens is 480 g/mol. The van der Waals surface area contributed by atoms with Gasteiger partial charge in [0.25, 0.3) is 0 Å². The van der Waals surface area contributed by atoms with Crippen molar-refractivity contribution < 1.29 is 0 Å². The summed E-state index contributed by atoms with van der Waals surface area (Å²) in [6.07, 6.45) is 0. The molecule has 0 unspecified atom stereocenters. The highest BCUT2D eigenvalue weighted by molar-refractivity contribution is 6.14. The first-order chi connectivity index (χ1) is 19.1.